The highest BCUT2D eigenvalue weighted by molar-refractivity contribution is 8.00. The summed E-state index contributed by atoms with van der Waals surface area (Å²) < 4.78 is 1.40. The van der Waals surface area contributed by atoms with Crippen LogP contribution in [0.1, 0.15) is 17.4 Å². The number of thioether (sulfide) groups is 1. The van der Waals surface area contributed by atoms with Gasteiger partial charge in [0, 0.05) is 18.2 Å². The van der Waals surface area contributed by atoms with Crippen molar-refractivity contribution in [1.82, 2.24) is 9.55 Å². The number of nitrogens with zero attached hydrogens (tertiary/aromatic N) is 1. The molecule has 0 aromatic carbocycles. The highest BCUT2D eigenvalue weighted by Crippen LogP contribution is 2.40. The Morgan fingerprint density at radius 2 is 2.29 bits per heavy atom. The third-order valence-corrected chi connectivity index (χ3v) is 4.39. The monoisotopic (exact) mass is 257 g/mol. The molecule has 0 unspecified atom stereocenters. The highest BCUT2D eigenvalue weighted by Gasteiger charge is 2.34. The first-order valence-electron chi connectivity index (χ1n) is 5.29. The van der Waals surface area contributed by atoms with Crippen LogP contribution in [0.15, 0.2) is 15.8 Å². The molecule has 1 fully saturated rings. The maximum Gasteiger partial charge on any atom is 0.329 e. The first-order chi connectivity index (χ1) is 8.02. The molecule has 3 N–H and O–H groups in total. The lowest BCUT2D eigenvalue weighted by molar-refractivity contribution is 0.137. The van der Waals surface area contributed by atoms with E-state index in [4.69, 9.17) is 5.11 Å². The summed E-state index contributed by atoms with van der Waals surface area (Å²) in [6, 6.07) is 0. The summed E-state index contributed by atoms with van der Waals surface area (Å²) in [5.74, 6) is 0. The van der Waals surface area contributed by atoms with Gasteiger partial charge < -0.3 is 10.2 Å². The van der Waals surface area contributed by atoms with Crippen LogP contribution in [0.25, 0.3) is 0 Å². The summed E-state index contributed by atoms with van der Waals surface area (Å²) >= 11 is 1.34. The molecule has 0 radical (unpaired) electrons. The molecule has 1 aromatic heterocycles. The minimum Gasteiger partial charge on any atom is -0.395 e. The fourth-order valence-corrected chi connectivity index (χ4v) is 3.23. The Balaban J connectivity index is 2.34. The summed E-state index contributed by atoms with van der Waals surface area (Å²) in [5, 5.41) is 18.2. The minimum atomic E-state index is -0.630. The van der Waals surface area contributed by atoms with E-state index in [2.05, 4.69) is 4.98 Å². The molecule has 17 heavy (non-hydrogen) atoms. The molecule has 1 aromatic rings. The molecular formula is C10H14N2O4S. The lowest BCUT2D eigenvalue weighted by Gasteiger charge is -2.13. The van der Waals surface area contributed by atoms with E-state index >= 15 is 0 Å². The van der Waals surface area contributed by atoms with Crippen molar-refractivity contribution >= 4 is 11.8 Å². The molecule has 0 amide bonds. The summed E-state index contributed by atoms with van der Waals surface area (Å²) in [5.41, 5.74) is -0.426. The zero-order valence-electron chi connectivity index (χ0n) is 9.29. The van der Waals surface area contributed by atoms with Gasteiger partial charge in [-0.15, -0.1) is 11.8 Å². The molecule has 0 spiro atoms. The van der Waals surface area contributed by atoms with Crippen LogP contribution in [-0.4, -0.2) is 37.7 Å². The average molecular weight is 257 g/mol. The Bertz CT molecular complexity index is 524. The van der Waals surface area contributed by atoms with Crippen LogP contribution in [0.2, 0.25) is 0 Å². The molecule has 0 bridgehead atoms. The number of H-pyrrole nitrogens is 1. The molecular weight excluding hydrogens is 243 g/mol. The van der Waals surface area contributed by atoms with Crippen LogP contribution in [0.5, 0.6) is 0 Å². The largest absolute Gasteiger partial charge is 0.395 e. The number of hydrogen-bond acceptors (Lipinski definition) is 5. The van der Waals surface area contributed by atoms with Gasteiger partial charge in [0.15, 0.2) is 0 Å². The van der Waals surface area contributed by atoms with Crippen LogP contribution < -0.4 is 11.2 Å². The second kappa shape index (κ2) is 4.67. The lowest BCUT2D eigenvalue weighted by atomic mass is 10.1. The fourth-order valence-electron chi connectivity index (χ4n) is 1.85. The number of aliphatic hydroxyl groups excluding tert-OH is 2. The maximum absolute atomic E-state index is 11.6. The zero-order chi connectivity index (χ0) is 12.6. The molecule has 3 atom stereocenters. The number of rotatable bonds is 2. The van der Waals surface area contributed by atoms with Gasteiger partial charge in [0.25, 0.3) is 5.56 Å². The smallest absolute Gasteiger partial charge is 0.329 e. The predicted molar refractivity (Wildman–Crippen MR) is 64.2 cm³/mol. The molecule has 7 heteroatoms. The van der Waals surface area contributed by atoms with Crippen molar-refractivity contribution in [3.8, 4) is 0 Å². The van der Waals surface area contributed by atoms with E-state index < -0.39 is 17.4 Å². The second-order valence-electron chi connectivity index (χ2n) is 4.09. The van der Waals surface area contributed by atoms with Crippen LogP contribution in [0.4, 0.5) is 0 Å². The molecule has 0 saturated carbocycles. The third-order valence-electron chi connectivity index (χ3n) is 2.84. The van der Waals surface area contributed by atoms with Gasteiger partial charge in [0.1, 0.15) is 0 Å². The van der Waals surface area contributed by atoms with Crippen molar-refractivity contribution in [2.24, 2.45) is 0 Å². The molecule has 1 aliphatic rings. The Morgan fingerprint density at radius 1 is 1.59 bits per heavy atom. The Morgan fingerprint density at radius 3 is 2.88 bits per heavy atom. The van der Waals surface area contributed by atoms with Gasteiger partial charge >= 0.3 is 5.69 Å². The maximum atomic E-state index is 11.6. The lowest BCUT2D eigenvalue weighted by Crippen LogP contribution is -2.32. The Labute approximate surface area is 101 Å². The molecule has 2 heterocycles. The molecule has 1 saturated heterocycles. The highest BCUT2D eigenvalue weighted by atomic mass is 32.2. The zero-order valence-corrected chi connectivity index (χ0v) is 10.1. The van der Waals surface area contributed by atoms with Crippen molar-refractivity contribution in [1.29, 1.82) is 0 Å². The van der Waals surface area contributed by atoms with Crippen LogP contribution >= 0.6 is 11.8 Å². The first-order valence-corrected chi connectivity index (χ1v) is 6.23. The number of nitrogens with one attached hydrogen (secondary N) is 1. The van der Waals surface area contributed by atoms with E-state index in [1.807, 2.05) is 0 Å². The van der Waals surface area contributed by atoms with E-state index in [-0.39, 0.29) is 17.2 Å². The topological polar surface area (TPSA) is 95.3 Å². The number of aryl methyl sites for hydroxylation is 1. The van der Waals surface area contributed by atoms with Crippen molar-refractivity contribution in [3.05, 3.63) is 32.6 Å². The average Bonchev–Trinajstić information content (AvgIpc) is 2.65. The van der Waals surface area contributed by atoms with Crippen molar-refractivity contribution < 1.29 is 10.2 Å². The minimum absolute atomic E-state index is 0.126. The summed E-state index contributed by atoms with van der Waals surface area (Å²) in [7, 11) is 0. The molecule has 2 rings (SSSR count). The number of hydrogen-bond donors (Lipinski definition) is 3. The van der Waals surface area contributed by atoms with Crippen molar-refractivity contribution in [2.75, 3.05) is 6.61 Å². The van der Waals surface area contributed by atoms with Crippen molar-refractivity contribution in [2.45, 2.75) is 30.1 Å². The van der Waals surface area contributed by atoms with Gasteiger partial charge in [-0.05, 0) is 6.92 Å². The van der Waals surface area contributed by atoms with Gasteiger partial charge in [-0.25, -0.2) is 4.79 Å². The summed E-state index contributed by atoms with van der Waals surface area (Å²) in [4.78, 5) is 25.1. The second-order valence-corrected chi connectivity index (χ2v) is 5.52. The van der Waals surface area contributed by atoms with E-state index in [1.54, 1.807) is 6.92 Å². The van der Waals surface area contributed by atoms with Gasteiger partial charge in [-0.2, -0.15) is 0 Å². The van der Waals surface area contributed by atoms with E-state index in [0.717, 1.165) is 0 Å². The van der Waals surface area contributed by atoms with Gasteiger partial charge in [0.05, 0.1) is 23.3 Å². The Hall–Kier alpha value is -1.05. The predicted octanol–water partition coefficient (Wildman–Crippen LogP) is -0.798. The molecule has 0 aliphatic carbocycles. The van der Waals surface area contributed by atoms with Gasteiger partial charge in [-0.3, -0.25) is 14.3 Å². The summed E-state index contributed by atoms with van der Waals surface area (Å²) in [6.07, 6.45) is 1.25. The normalized spacial score (nSPS) is 28.5. The number of aromatic nitrogens is 2. The first kappa shape index (κ1) is 12.4. The van der Waals surface area contributed by atoms with Crippen molar-refractivity contribution in [3.63, 3.8) is 0 Å². The van der Waals surface area contributed by atoms with E-state index in [9.17, 15) is 14.7 Å². The number of aromatic amines is 1. The van der Waals surface area contributed by atoms with E-state index in [0.29, 0.717) is 12.0 Å². The molecule has 1 aliphatic heterocycles. The number of aliphatic hydroxyl groups is 2. The quantitative estimate of drug-likeness (QED) is 0.645. The van der Waals surface area contributed by atoms with Crippen LogP contribution in [0.3, 0.4) is 0 Å². The fraction of sp³-hybridized carbons (Fsp3) is 0.600. The standard InChI is InChI=1S/C10H14N2O4S/c1-5-3-12(10(16)11-9(5)15)8-2-6(14)7(4-13)17-8/h3,6-8,13-14H,2,4H2,1H3,(H,11,15,16)/t6-,7-,8-/m1/s1/i1-1. The third kappa shape index (κ3) is 2.31. The van der Waals surface area contributed by atoms with Crippen LogP contribution in [0, 0.1) is 6.92 Å². The van der Waals surface area contributed by atoms with E-state index in [1.165, 1.54) is 22.5 Å². The molecule has 6 nitrogen and oxygen atoms in total. The van der Waals surface area contributed by atoms with Gasteiger partial charge in [0.2, 0.25) is 0 Å². The van der Waals surface area contributed by atoms with Crippen LogP contribution in [-0.2, 0) is 0 Å². The summed E-state index contributed by atoms with van der Waals surface area (Å²) in [6.45, 7) is 1.49. The Kier molecular flexibility index (Phi) is 3.41. The molecule has 94 valence electrons. The SMILES string of the molecule is [11CH3]c1cn([C@H]2C[C@@H](O)[C@@H](CO)S2)c(=O)[nH]c1=O. The van der Waals surface area contributed by atoms with Gasteiger partial charge in [-0.1, -0.05) is 0 Å².